The molecule has 1 fully saturated rings. The average molecular weight is 414 g/mol. The second kappa shape index (κ2) is 8.59. The Morgan fingerprint density at radius 1 is 1.03 bits per heavy atom. The molecule has 1 aliphatic rings. The summed E-state index contributed by atoms with van der Waals surface area (Å²) in [6.45, 7) is 0. The molecule has 0 spiro atoms. The maximum Gasteiger partial charge on any atom is 0.271 e. The van der Waals surface area contributed by atoms with Crippen LogP contribution in [0.4, 0.5) is 4.39 Å². The minimum atomic E-state index is -2.79. The highest BCUT2D eigenvalue weighted by Gasteiger charge is 2.52. The molecule has 2 aromatic carbocycles. The highest BCUT2D eigenvalue weighted by molar-refractivity contribution is 7.80. The molecule has 4 nitrogen and oxygen atoms in total. The van der Waals surface area contributed by atoms with Crippen LogP contribution in [0.3, 0.4) is 0 Å². The molecule has 0 saturated heterocycles. The molecule has 1 saturated carbocycles. The van der Waals surface area contributed by atoms with Crippen LogP contribution in [0.1, 0.15) is 37.7 Å². The quantitative estimate of drug-likeness (QED) is 0.534. The standard InChI is InChI=1S/C23H24FNO3S/c24-23(29(26)27,20-14-13-17-8-4-5-11-19(17)16-20)22(18-9-2-1-3-10-18)28-21-12-6-7-15-25-21/h4-8,11-16,18,22H,1-3,9-10H2,(H,26,27)/t22-,23-/m0/s1. The zero-order valence-corrected chi connectivity index (χ0v) is 16.9. The van der Waals surface area contributed by atoms with Crippen molar-refractivity contribution in [3.63, 3.8) is 0 Å². The second-order valence-electron chi connectivity index (χ2n) is 7.56. The van der Waals surface area contributed by atoms with E-state index in [2.05, 4.69) is 4.98 Å². The van der Waals surface area contributed by atoms with E-state index in [0.717, 1.165) is 42.9 Å². The molecule has 0 bridgehead atoms. The Kier molecular flexibility index (Phi) is 5.92. The first-order valence-electron chi connectivity index (χ1n) is 9.96. The van der Waals surface area contributed by atoms with Gasteiger partial charge in [-0.15, -0.1) is 0 Å². The third-order valence-corrected chi connectivity index (χ3v) is 6.70. The first-order chi connectivity index (χ1) is 14.1. The molecule has 6 heteroatoms. The molecule has 1 aliphatic carbocycles. The Hall–Kier alpha value is -2.31. The van der Waals surface area contributed by atoms with Crippen molar-refractivity contribution in [2.24, 2.45) is 5.92 Å². The van der Waals surface area contributed by atoms with Crippen molar-refractivity contribution in [2.75, 3.05) is 0 Å². The summed E-state index contributed by atoms with van der Waals surface area (Å²) in [6, 6.07) is 17.8. The van der Waals surface area contributed by atoms with E-state index in [1.165, 1.54) is 0 Å². The molecular formula is C23H24FNO3S. The van der Waals surface area contributed by atoms with Gasteiger partial charge in [-0.05, 0) is 35.7 Å². The minimum Gasteiger partial charge on any atom is -0.469 e. The normalized spacial score (nSPS) is 19.4. The molecule has 3 aromatic rings. The van der Waals surface area contributed by atoms with E-state index in [0.29, 0.717) is 0 Å². The number of aromatic nitrogens is 1. The van der Waals surface area contributed by atoms with Crippen molar-refractivity contribution in [3.05, 3.63) is 72.4 Å². The van der Waals surface area contributed by atoms with Gasteiger partial charge in [0, 0.05) is 23.7 Å². The molecule has 0 aliphatic heterocycles. The molecule has 29 heavy (non-hydrogen) atoms. The van der Waals surface area contributed by atoms with E-state index >= 15 is 4.39 Å². The van der Waals surface area contributed by atoms with Gasteiger partial charge in [0.05, 0.1) is 0 Å². The van der Waals surface area contributed by atoms with Crippen LogP contribution in [0.2, 0.25) is 0 Å². The van der Waals surface area contributed by atoms with E-state index in [1.54, 1.807) is 42.6 Å². The summed E-state index contributed by atoms with van der Waals surface area (Å²) in [7, 11) is 0. The number of benzene rings is 2. The summed E-state index contributed by atoms with van der Waals surface area (Å²) < 4.78 is 45.3. The first kappa shape index (κ1) is 20.0. The predicted molar refractivity (Wildman–Crippen MR) is 113 cm³/mol. The molecule has 3 atom stereocenters. The number of halogens is 1. The van der Waals surface area contributed by atoms with Gasteiger partial charge < -0.3 is 9.29 Å². The Labute approximate surface area is 172 Å². The molecule has 0 amide bonds. The van der Waals surface area contributed by atoms with Crippen LogP contribution in [0.15, 0.2) is 66.9 Å². The molecule has 1 N–H and O–H groups in total. The van der Waals surface area contributed by atoms with Crippen LogP contribution in [0.5, 0.6) is 5.88 Å². The summed E-state index contributed by atoms with van der Waals surface area (Å²) in [4.78, 5) is 4.16. The maximum atomic E-state index is 16.6. The van der Waals surface area contributed by atoms with Crippen LogP contribution >= 0.6 is 0 Å². The Morgan fingerprint density at radius 2 is 1.76 bits per heavy atom. The molecular weight excluding hydrogens is 389 g/mol. The van der Waals surface area contributed by atoms with E-state index in [4.69, 9.17) is 4.74 Å². The molecule has 4 rings (SSSR count). The van der Waals surface area contributed by atoms with Crippen LogP contribution in [-0.2, 0) is 16.1 Å². The highest BCUT2D eigenvalue weighted by Crippen LogP contribution is 2.43. The molecule has 152 valence electrons. The lowest BCUT2D eigenvalue weighted by atomic mass is 9.81. The van der Waals surface area contributed by atoms with Gasteiger partial charge >= 0.3 is 0 Å². The van der Waals surface area contributed by atoms with Crippen molar-refractivity contribution in [1.82, 2.24) is 4.98 Å². The number of hydrogen-bond donors (Lipinski definition) is 1. The van der Waals surface area contributed by atoms with Crippen molar-refractivity contribution < 1.29 is 17.9 Å². The molecule has 1 unspecified atom stereocenters. The topological polar surface area (TPSA) is 59.4 Å². The zero-order valence-electron chi connectivity index (χ0n) is 16.0. The summed E-state index contributed by atoms with van der Waals surface area (Å²) in [5.41, 5.74) is 0.156. The summed E-state index contributed by atoms with van der Waals surface area (Å²) >= 11 is -2.79. The maximum absolute atomic E-state index is 16.6. The lowest BCUT2D eigenvalue weighted by molar-refractivity contribution is 0.00470. The van der Waals surface area contributed by atoms with Crippen LogP contribution < -0.4 is 4.74 Å². The van der Waals surface area contributed by atoms with Crippen molar-refractivity contribution in [3.8, 4) is 5.88 Å². The fourth-order valence-corrected chi connectivity index (χ4v) is 4.99. The summed E-state index contributed by atoms with van der Waals surface area (Å²) in [5.74, 6) is 0.0923. The van der Waals surface area contributed by atoms with E-state index in [-0.39, 0.29) is 17.4 Å². The number of alkyl halides is 1. The third-order valence-electron chi connectivity index (χ3n) is 5.73. The zero-order chi connectivity index (χ0) is 20.3. The van der Waals surface area contributed by atoms with Crippen molar-refractivity contribution >= 4 is 21.9 Å². The summed E-state index contributed by atoms with van der Waals surface area (Å²) in [5, 5.41) is -0.802. The third kappa shape index (κ3) is 4.05. The fourth-order valence-electron chi connectivity index (χ4n) is 4.22. The van der Waals surface area contributed by atoms with Crippen LogP contribution in [-0.4, -0.2) is 19.8 Å². The smallest absolute Gasteiger partial charge is 0.271 e. The number of ether oxygens (including phenoxy) is 1. The second-order valence-corrected chi connectivity index (χ2v) is 8.65. The van der Waals surface area contributed by atoms with Gasteiger partial charge in [0.15, 0.2) is 6.10 Å². The minimum absolute atomic E-state index is 0.156. The van der Waals surface area contributed by atoms with Gasteiger partial charge in [-0.3, -0.25) is 0 Å². The SMILES string of the molecule is O=S(O)[C@@](F)(c1ccc2ccccc2c1)[C@@H](Oc1ccccn1)C1CCCCC1. The van der Waals surface area contributed by atoms with Gasteiger partial charge in [0.2, 0.25) is 17.0 Å². The first-order valence-corrected chi connectivity index (χ1v) is 11.1. The highest BCUT2D eigenvalue weighted by atomic mass is 32.2. The Morgan fingerprint density at radius 3 is 2.45 bits per heavy atom. The Balaban J connectivity index is 1.80. The van der Waals surface area contributed by atoms with E-state index < -0.39 is 22.2 Å². The number of rotatable bonds is 6. The van der Waals surface area contributed by atoms with Gasteiger partial charge in [-0.25, -0.2) is 13.6 Å². The number of fused-ring (bicyclic) bond motifs is 1. The molecule has 0 radical (unpaired) electrons. The van der Waals surface area contributed by atoms with Gasteiger partial charge in [0.25, 0.3) is 5.00 Å². The predicted octanol–water partition coefficient (Wildman–Crippen LogP) is 5.61. The summed E-state index contributed by atoms with van der Waals surface area (Å²) in [6.07, 6.45) is 4.98. The van der Waals surface area contributed by atoms with Crippen molar-refractivity contribution in [2.45, 2.75) is 43.2 Å². The van der Waals surface area contributed by atoms with Gasteiger partial charge in [-0.1, -0.05) is 61.7 Å². The van der Waals surface area contributed by atoms with Crippen molar-refractivity contribution in [1.29, 1.82) is 0 Å². The average Bonchev–Trinajstić information content (AvgIpc) is 2.78. The van der Waals surface area contributed by atoms with E-state index in [9.17, 15) is 8.76 Å². The van der Waals surface area contributed by atoms with Gasteiger partial charge in [0.1, 0.15) is 0 Å². The number of hydrogen-bond acceptors (Lipinski definition) is 3. The fraction of sp³-hybridized carbons (Fsp3) is 0.348. The number of pyridine rings is 1. The lowest BCUT2D eigenvalue weighted by Gasteiger charge is -2.38. The lowest BCUT2D eigenvalue weighted by Crippen LogP contribution is -2.48. The Bertz CT molecular complexity index is 994. The largest absolute Gasteiger partial charge is 0.469 e. The van der Waals surface area contributed by atoms with E-state index in [1.807, 2.05) is 24.3 Å². The van der Waals surface area contributed by atoms with Crippen LogP contribution in [0, 0.1) is 5.92 Å². The molecule has 1 heterocycles. The van der Waals surface area contributed by atoms with Gasteiger partial charge in [-0.2, -0.15) is 0 Å². The monoisotopic (exact) mass is 413 g/mol. The van der Waals surface area contributed by atoms with Crippen LogP contribution in [0.25, 0.3) is 10.8 Å². The molecule has 1 aromatic heterocycles. The number of nitrogens with zero attached hydrogens (tertiary/aromatic N) is 1.